The lowest BCUT2D eigenvalue weighted by Gasteiger charge is -2.17. The maximum Gasteiger partial charge on any atom is 0.159 e. The lowest BCUT2D eigenvalue weighted by Crippen LogP contribution is -2.22. The molecule has 0 aliphatic carbocycles. The minimum atomic E-state index is -0.0372. The van der Waals surface area contributed by atoms with E-state index in [1.807, 2.05) is 18.4 Å². The maximum absolute atomic E-state index is 5.46. The van der Waals surface area contributed by atoms with Gasteiger partial charge in [-0.3, -0.25) is 0 Å². The molecule has 0 radical (unpaired) electrons. The Hall–Kier alpha value is -0.420. The van der Waals surface area contributed by atoms with Crippen LogP contribution >= 0.6 is 11.3 Å². The fourth-order valence-corrected chi connectivity index (χ4v) is 2.75. The van der Waals surface area contributed by atoms with Gasteiger partial charge in [0.2, 0.25) is 0 Å². The highest BCUT2D eigenvalue weighted by molar-refractivity contribution is 7.12. The third-order valence-corrected chi connectivity index (χ3v) is 3.69. The first-order chi connectivity index (χ1) is 7.29. The minimum absolute atomic E-state index is 0.0372. The quantitative estimate of drug-likeness (QED) is 0.854. The summed E-state index contributed by atoms with van der Waals surface area (Å²) in [6.45, 7) is 3.58. The standard InChI is InChI=1S/C11H17NO2S/c1-8-3-4-10(15-8)9(12-2)7-11-13-5-6-14-11/h3-4,9,11-12H,5-7H2,1-2H3. The van der Waals surface area contributed by atoms with Crippen molar-refractivity contribution in [2.75, 3.05) is 20.3 Å². The van der Waals surface area contributed by atoms with Crippen LogP contribution in [0.2, 0.25) is 0 Å². The van der Waals surface area contributed by atoms with E-state index in [0.29, 0.717) is 6.04 Å². The molecule has 2 rings (SSSR count). The highest BCUT2D eigenvalue weighted by Crippen LogP contribution is 2.27. The van der Waals surface area contributed by atoms with E-state index in [0.717, 1.165) is 19.6 Å². The van der Waals surface area contributed by atoms with Crippen molar-refractivity contribution in [3.63, 3.8) is 0 Å². The van der Waals surface area contributed by atoms with Gasteiger partial charge >= 0.3 is 0 Å². The second-order valence-electron chi connectivity index (χ2n) is 3.70. The minimum Gasteiger partial charge on any atom is -0.350 e. The zero-order valence-electron chi connectivity index (χ0n) is 9.16. The van der Waals surface area contributed by atoms with Gasteiger partial charge in [-0.05, 0) is 26.1 Å². The lowest BCUT2D eigenvalue weighted by molar-refractivity contribution is -0.0524. The molecular formula is C11H17NO2S. The topological polar surface area (TPSA) is 30.5 Å². The highest BCUT2D eigenvalue weighted by atomic mass is 32.1. The van der Waals surface area contributed by atoms with Crippen LogP contribution in [0.4, 0.5) is 0 Å². The van der Waals surface area contributed by atoms with Crippen LogP contribution in [0.5, 0.6) is 0 Å². The molecule has 2 heterocycles. The largest absolute Gasteiger partial charge is 0.350 e. The molecule has 1 N–H and O–H groups in total. The molecule has 1 aliphatic heterocycles. The molecule has 1 aliphatic rings. The van der Waals surface area contributed by atoms with Crippen LogP contribution in [0, 0.1) is 6.92 Å². The number of nitrogens with one attached hydrogen (secondary N) is 1. The Kier molecular flexibility index (Phi) is 3.75. The number of aryl methyl sites for hydroxylation is 1. The highest BCUT2D eigenvalue weighted by Gasteiger charge is 2.22. The van der Waals surface area contributed by atoms with Crippen LogP contribution < -0.4 is 5.32 Å². The molecule has 1 aromatic rings. The summed E-state index contributed by atoms with van der Waals surface area (Å²) in [7, 11) is 1.98. The molecule has 1 aromatic heterocycles. The van der Waals surface area contributed by atoms with Gasteiger partial charge in [-0.25, -0.2) is 0 Å². The van der Waals surface area contributed by atoms with E-state index < -0.39 is 0 Å². The van der Waals surface area contributed by atoms with Crippen molar-refractivity contribution < 1.29 is 9.47 Å². The Balaban J connectivity index is 1.97. The molecule has 0 aromatic carbocycles. The van der Waals surface area contributed by atoms with Crippen molar-refractivity contribution in [3.05, 3.63) is 21.9 Å². The number of ether oxygens (including phenoxy) is 2. The lowest BCUT2D eigenvalue weighted by atomic mass is 10.1. The predicted octanol–water partition coefficient (Wildman–Crippen LogP) is 2.08. The fraction of sp³-hybridized carbons (Fsp3) is 0.636. The molecule has 1 atom stereocenters. The summed E-state index contributed by atoms with van der Waals surface area (Å²) in [5.74, 6) is 0. The molecule has 0 bridgehead atoms. The van der Waals surface area contributed by atoms with Crippen molar-refractivity contribution in [2.24, 2.45) is 0 Å². The van der Waals surface area contributed by atoms with Gasteiger partial charge in [0.1, 0.15) is 0 Å². The van der Waals surface area contributed by atoms with Crippen LogP contribution in [-0.4, -0.2) is 26.6 Å². The van der Waals surface area contributed by atoms with E-state index in [-0.39, 0.29) is 6.29 Å². The first-order valence-corrected chi connectivity index (χ1v) is 6.08. The van der Waals surface area contributed by atoms with Gasteiger partial charge in [0.05, 0.1) is 13.2 Å². The predicted molar refractivity (Wildman–Crippen MR) is 61.2 cm³/mol. The molecule has 15 heavy (non-hydrogen) atoms. The van der Waals surface area contributed by atoms with E-state index in [2.05, 4.69) is 24.4 Å². The van der Waals surface area contributed by atoms with Crippen molar-refractivity contribution >= 4 is 11.3 Å². The fourth-order valence-electron chi connectivity index (χ4n) is 1.75. The molecule has 4 heteroatoms. The summed E-state index contributed by atoms with van der Waals surface area (Å²) in [5.41, 5.74) is 0. The molecule has 0 saturated carbocycles. The average Bonchev–Trinajstić information content (AvgIpc) is 2.85. The summed E-state index contributed by atoms with van der Waals surface area (Å²) in [6, 6.07) is 4.67. The second-order valence-corrected chi connectivity index (χ2v) is 5.02. The van der Waals surface area contributed by atoms with Crippen molar-refractivity contribution in [1.29, 1.82) is 0 Å². The SMILES string of the molecule is CNC(CC1OCCO1)c1ccc(C)s1. The van der Waals surface area contributed by atoms with Crippen LogP contribution in [0.1, 0.15) is 22.2 Å². The van der Waals surface area contributed by atoms with Crippen molar-refractivity contribution in [3.8, 4) is 0 Å². The smallest absolute Gasteiger partial charge is 0.159 e. The Morgan fingerprint density at radius 3 is 2.73 bits per heavy atom. The summed E-state index contributed by atoms with van der Waals surface area (Å²) in [4.78, 5) is 2.70. The number of rotatable bonds is 4. The Bertz CT molecular complexity index is 307. The zero-order chi connectivity index (χ0) is 10.7. The summed E-state index contributed by atoms with van der Waals surface area (Å²) >= 11 is 1.83. The van der Waals surface area contributed by atoms with Gasteiger partial charge in [-0.15, -0.1) is 11.3 Å². The molecule has 1 fully saturated rings. The maximum atomic E-state index is 5.46. The monoisotopic (exact) mass is 227 g/mol. The Morgan fingerprint density at radius 2 is 2.20 bits per heavy atom. The first-order valence-electron chi connectivity index (χ1n) is 5.26. The molecule has 3 nitrogen and oxygen atoms in total. The van der Waals surface area contributed by atoms with Gasteiger partial charge < -0.3 is 14.8 Å². The molecule has 1 unspecified atom stereocenters. The van der Waals surface area contributed by atoms with E-state index in [9.17, 15) is 0 Å². The molecule has 84 valence electrons. The molecule has 0 spiro atoms. The third-order valence-electron chi connectivity index (χ3n) is 2.57. The van der Waals surface area contributed by atoms with Gasteiger partial charge in [0.15, 0.2) is 6.29 Å². The van der Waals surface area contributed by atoms with Gasteiger partial charge in [0.25, 0.3) is 0 Å². The van der Waals surface area contributed by atoms with E-state index >= 15 is 0 Å². The number of hydrogen-bond donors (Lipinski definition) is 1. The van der Waals surface area contributed by atoms with Crippen LogP contribution in [0.15, 0.2) is 12.1 Å². The van der Waals surface area contributed by atoms with Crippen LogP contribution in [-0.2, 0) is 9.47 Å². The van der Waals surface area contributed by atoms with Crippen LogP contribution in [0.25, 0.3) is 0 Å². The Morgan fingerprint density at radius 1 is 1.47 bits per heavy atom. The number of thiophene rings is 1. The molecule has 0 amide bonds. The van der Waals surface area contributed by atoms with Gasteiger partial charge in [-0.2, -0.15) is 0 Å². The van der Waals surface area contributed by atoms with Crippen molar-refractivity contribution in [2.45, 2.75) is 25.7 Å². The molecule has 1 saturated heterocycles. The second kappa shape index (κ2) is 5.07. The van der Waals surface area contributed by atoms with E-state index in [4.69, 9.17) is 9.47 Å². The normalized spacial score (nSPS) is 19.6. The van der Waals surface area contributed by atoms with Gasteiger partial charge in [0, 0.05) is 22.2 Å². The van der Waals surface area contributed by atoms with Gasteiger partial charge in [-0.1, -0.05) is 0 Å². The van der Waals surface area contributed by atoms with Crippen LogP contribution in [0.3, 0.4) is 0 Å². The van der Waals surface area contributed by atoms with E-state index in [1.54, 1.807) is 0 Å². The third kappa shape index (κ3) is 2.78. The number of hydrogen-bond acceptors (Lipinski definition) is 4. The summed E-state index contributed by atoms with van der Waals surface area (Å²) in [6.07, 6.45) is 0.848. The van der Waals surface area contributed by atoms with E-state index in [1.165, 1.54) is 9.75 Å². The molecular weight excluding hydrogens is 210 g/mol. The van der Waals surface area contributed by atoms with Crippen molar-refractivity contribution in [1.82, 2.24) is 5.32 Å². The summed E-state index contributed by atoms with van der Waals surface area (Å²) in [5, 5.41) is 3.31. The first kappa shape index (κ1) is 11.1. The zero-order valence-corrected chi connectivity index (χ0v) is 9.97. The Labute approximate surface area is 94.4 Å². The average molecular weight is 227 g/mol. The summed E-state index contributed by atoms with van der Waals surface area (Å²) < 4.78 is 10.9.